The van der Waals surface area contributed by atoms with Gasteiger partial charge in [0, 0.05) is 18.8 Å². The summed E-state index contributed by atoms with van der Waals surface area (Å²) in [5.74, 6) is 0.907. The first-order chi connectivity index (χ1) is 7.76. The number of anilines is 1. The van der Waals surface area contributed by atoms with Gasteiger partial charge < -0.3 is 4.90 Å². The van der Waals surface area contributed by atoms with E-state index in [2.05, 4.69) is 43.9 Å². The first-order valence-electron chi connectivity index (χ1n) is 6.59. The average Bonchev–Trinajstić information content (AvgIpc) is 2.76. The lowest BCUT2D eigenvalue weighted by molar-refractivity contribution is 0.569. The fourth-order valence-electron chi connectivity index (χ4n) is 2.83. The quantitative estimate of drug-likeness (QED) is 0.744. The fraction of sp³-hybridized carbons (Fsp3) is 0.600. The summed E-state index contributed by atoms with van der Waals surface area (Å²) in [6.45, 7) is 9.32. The van der Waals surface area contributed by atoms with Gasteiger partial charge in [0.05, 0.1) is 0 Å². The molecular formula is C15H23N. The number of nitrogens with zero attached hydrogens (tertiary/aromatic N) is 1. The van der Waals surface area contributed by atoms with Gasteiger partial charge in [0.2, 0.25) is 0 Å². The van der Waals surface area contributed by atoms with E-state index >= 15 is 0 Å². The van der Waals surface area contributed by atoms with Gasteiger partial charge in [0.15, 0.2) is 0 Å². The van der Waals surface area contributed by atoms with Crippen LogP contribution in [0.15, 0.2) is 18.2 Å². The normalized spacial score (nSPS) is 20.4. The number of hydrogen-bond donors (Lipinski definition) is 0. The Kier molecular flexibility index (Phi) is 3.52. The van der Waals surface area contributed by atoms with Crippen molar-refractivity contribution in [3.63, 3.8) is 0 Å². The van der Waals surface area contributed by atoms with E-state index in [1.54, 1.807) is 0 Å². The lowest BCUT2D eigenvalue weighted by Crippen LogP contribution is -2.21. The van der Waals surface area contributed by atoms with Gasteiger partial charge in [-0.25, -0.2) is 0 Å². The van der Waals surface area contributed by atoms with Crippen LogP contribution in [-0.2, 0) is 6.42 Å². The smallest absolute Gasteiger partial charge is 0.0428 e. The first kappa shape index (κ1) is 11.5. The second-order valence-electron chi connectivity index (χ2n) is 4.95. The van der Waals surface area contributed by atoms with E-state index in [9.17, 15) is 0 Å². The van der Waals surface area contributed by atoms with E-state index in [0.29, 0.717) is 0 Å². The molecule has 0 aliphatic carbocycles. The zero-order valence-electron chi connectivity index (χ0n) is 10.8. The van der Waals surface area contributed by atoms with Gasteiger partial charge in [-0.3, -0.25) is 0 Å². The van der Waals surface area contributed by atoms with Gasteiger partial charge in [-0.1, -0.05) is 38.5 Å². The molecule has 0 bridgehead atoms. The molecule has 0 radical (unpaired) electrons. The van der Waals surface area contributed by atoms with Crippen LogP contribution >= 0.6 is 0 Å². The lowest BCUT2D eigenvalue weighted by atomic mass is 10.0. The number of rotatable bonds is 3. The minimum Gasteiger partial charge on any atom is -0.371 e. The second-order valence-corrected chi connectivity index (χ2v) is 4.95. The zero-order chi connectivity index (χ0) is 11.5. The summed E-state index contributed by atoms with van der Waals surface area (Å²) in [6, 6.07) is 6.71. The molecule has 0 amide bonds. The molecule has 0 aromatic heterocycles. The maximum absolute atomic E-state index is 2.60. The molecule has 0 unspecified atom stereocenters. The predicted molar refractivity (Wildman–Crippen MR) is 71.2 cm³/mol. The van der Waals surface area contributed by atoms with Crippen LogP contribution in [0, 0.1) is 12.8 Å². The van der Waals surface area contributed by atoms with E-state index in [0.717, 1.165) is 12.3 Å². The fourth-order valence-corrected chi connectivity index (χ4v) is 2.83. The van der Waals surface area contributed by atoms with Crippen molar-refractivity contribution < 1.29 is 0 Å². The average molecular weight is 217 g/mol. The summed E-state index contributed by atoms with van der Waals surface area (Å²) >= 11 is 0. The Morgan fingerprint density at radius 2 is 2.12 bits per heavy atom. The molecule has 1 aliphatic rings. The highest BCUT2D eigenvalue weighted by Gasteiger charge is 2.23. The molecule has 1 fully saturated rings. The Labute approximate surface area is 99.5 Å². The van der Waals surface area contributed by atoms with Crippen molar-refractivity contribution in [3.8, 4) is 0 Å². The maximum Gasteiger partial charge on any atom is 0.0428 e. The highest BCUT2D eigenvalue weighted by Crippen LogP contribution is 2.31. The summed E-state index contributed by atoms with van der Waals surface area (Å²) in [5, 5.41) is 0. The van der Waals surface area contributed by atoms with Gasteiger partial charge in [-0.2, -0.15) is 0 Å². The molecule has 0 N–H and O–H groups in total. The number of para-hydroxylation sites is 1. The van der Waals surface area contributed by atoms with Crippen LogP contribution in [0.5, 0.6) is 0 Å². The van der Waals surface area contributed by atoms with Crippen LogP contribution in [0.1, 0.15) is 37.8 Å². The van der Waals surface area contributed by atoms with Crippen molar-refractivity contribution in [1.82, 2.24) is 0 Å². The highest BCUT2D eigenvalue weighted by atomic mass is 15.2. The monoisotopic (exact) mass is 217 g/mol. The number of benzene rings is 1. The third kappa shape index (κ3) is 2.09. The first-order valence-corrected chi connectivity index (χ1v) is 6.59. The van der Waals surface area contributed by atoms with Crippen molar-refractivity contribution >= 4 is 5.69 Å². The molecule has 88 valence electrons. The minimum atomic E-state index is 0.907. The van der Waals surface area contributed by atoms with Crippen molar-refractivity contribution in [3.05, 3.63) is 29.3 Å². The van der Waals surface area contributed by atoms with E-state index in [1.807, 2.05) is 0 Å². The Bertz CT molecular complexity index is 356. The Hall–Kier alpha value is -0.980. The van der Waals surface area contributed by atoms with Crippen molar-refractivity contribution in [2.24, 2.45) is 5.92 Å². The molecule has 2 rings (SSSR count). The van der Waals surface area contributed by atoms with E-state index in [1.165, 1.54) is 42.7 Å². The summed E-state index contributed by atoms with van der Waals surface area (Å²) in [5.41, 5.74) is 4.47. The molecule has 1 aromatic rings. The Balaban J connectivity index is 2.26. The maximum atomic E-state index is 2.60. The molecule has 1 aliphatic heterocycles. The topological polar surface area (TPSA) is 3.24 Å². The number of aryl methyl sites for hydroxylation is 2. The van der Waals surface area contributed by atoms with Crippen LogP contribution in [-0.4, -0.2) is 13.1 Å². The minimum absolute atomic E-state index is 0.907. The van der Waals surface area contributed by atoms with Crippen LogP contribution < -0.4 is 4.90 Å². The van der Waals surface area contributed by atoms with Crippen molar-refractivity contribution in [1.29, 1.82) is 0 Å². The van der Waals surface area contributed by atoms with Gasteiger partial charge >= 0.3 is 0 Å². The third-order valence-electron chi connectivity index (χ3n) is 3.88. The molecule has 1 nitrogen and oxygen atoms in total. The second kappa shape index (κ2) is 4.90. The third-order valence-corrected chi connectivity index (χ3v) is 3.88. The largest absolute Gasteiger partial charge is 0.371 e. The summed E-state index contributed by atoms with van der Waals surface area (Å²) in [7, 11) is 0. The molecule has 0 spiro atoms. The molecule has 0 saturated carbocycles. The van der Waals surface area contributed by atoms with E-state index in [4.69, 9.17) is 0 Å². The molecular weight excluding hydrogens is 194 g/mol. The van der Waals surface area contributed by atoms with Crippen LogP contribution in [0.4, 0.5) is 5.69 Å². The highest BCUT2D eigenvalue weighted by molar-refractivity contribution is 5.60. The standard InChI is InChI=1S/C15H23N/c1-4-13-9-10-16(11-13)15-12(3)7-6-8-14(15)5-2/h6-8,13H,4-5,9-11H2,1-3H3/t13-/m0/s1. The molecule has 1 atom stereocenters. The molecule has 1 saturated heterocycles. The molecule has 1 heterocycles. The SMILES string of the molecule is CCc1cccc(C)c1N1CC[C@H](CC)C1. The summed E-state index contributed by atoms with van der Waals surface area (Å²) in [4.78, 5) is 2.60. The molecule has 16 heavy (non-hydrogen) atoms. The van der Waals surface area contributed by atoms with Crippen LogP contribution in [0.25, 0.3) is 0 Å². The van der Waals surface area contributed by atoms with E-state index < -0.39 is 0 Å². The van der Waals surface area contributed by atoms with Crippen LogP contribution in [0.2, 0.25) is 0 Å². The van der Waals surface area contributed by atoms with Gasteiger partial charge in [-0.05, 0) is 36.8 Å². The Morgan fingerprint density at radius 3 is 2.75 bits per heavy atom. The summed E-state index contributed by atoms with van der Waals surface area (Å²) in [6.07, 6.45) is 3.84. The van der Waals surface area contributed by atoms with Gasteiger partial charge in [-0.15, -0.1) is 0 Å². The van der Waals surface area contributed by atoms with Crippen molar-refractivity contribution in [2.45, 2.75) is 40.0 Å². The lowest BCUT2D eigenvalue weighted by Gasteiger charge is -2.24. The van der Waals surface area contributed by atoms with Crippen molar-refractivity contribution in [2.75, 3.05) is 18.0 Å². The molecule has 1 aromatic carbocycles. The Morgan fingerprint density at radius 1 is 1.31 bits per heavy atom. The predicted octanol–water partition coefficient (Wildman–Crippen LogP) is 3.79. The zero-order valence-corrected chi connectivity index (χ0v) is 10.8. The van der Waals surface area contributed by atoms with Gasteiger partial charge in [0.1, 0.15) is 0 Å². The van der Waals surface area contributed by atoms with E-state index in [-0.39, 0.29) is 0 Å². The van der Waals surface area contributed by atoms with Crippen LogP contribution in [0.3, 0.4) is 0 Å². The van der Waals surface area contributed by atoms with Gasteiger partial charge in [0.25, 0.3) is 0 Å². The molecule has 1 heteroatoms. The number of hydrogen-bond acceptors (Lipinski definition) is 1. The summed E-state index contributed by atoms with van der Waals surface area (Å²) < 4.78 is 0.